The number of aromatic nitrogens is 3. The van der Waals surface area contributed by atoms with Gasteiger partial charge in [-0.3, -0.25) is 4.79 Å². The van der Waals surface area contributed by atoms with Crippen LogP contribution in [0.1, 0.15) is 49.4 Å². The smallest absolute Gasteiger partial charge is 0.210 e. The highest BCUT2D eigenvalue weighted by atomic mass is 32.2. The van der Waals surface area contributed by atoms with Gasteiger partial charge in [-0.05, 0) is 42.2 Å². The number of nitrogens with zero attached hydrogens (tertiary/aromatic N) is 3. The molecule has 2 N–H and O–H groups in total. The van der Waals surface area contributed by atoms with E-state index < -0.39 is 0 Å². The molecule has 7 nitrogen and oxygen atoms in total. The Hall–Kier alpha value is -3.00. The first-order chi connectivity index (χ1) is 14.8. The Bertz CT molecular complexity index is 1030. The molecule has 1 aromatic heterocycles. The van der Waals surface area contributed by atoms with E-state index >= 15 is 0 Å². The Morgan fingerprint density at radius 2 is 1.77 bits per heavy atom. The molecular weight excluding hydrogens is 412 g/mol. The van der Waals surface area contributed by atoms with Gasteiger partial charge in [0.15, 0.2) is 11.6 Å². The third-order valence-electron chi connectivity index (χ3n) is 4.66. The van der Waals surface area contributed by atoms with Crippen molar-refractivity contribution in [2.75, 3.05) is 18.2 Å². The minimum atomic E-state index is -0.0253. The molecular formula is C23H28N4O3S. The second-order valence-corrected chi connectivity index (χ2v) is 9.14. The van der Waals surface area contributed by atoms with Crippen molar-refractivity contribution in [3.63, 3.8) is 0 Å². The number of ether oxygens (including phenoxy) is 2. The van der Waals surface area contributed by atoms with Crippen molar-refractivity contribution < 1.29 is 14.3 Å². The lowest BCUT2D eigenvalue weighted by Crippen LogP contribution is -2.16. The number of benzene rings is 2. The van der Waals surface area contributed by atoms with E-state index in [1.54, 1.807) is 12.1 Å². The third kappa shape index (κ3) is 6.01. The number of rotatable bonds is 9. The zero-order chi connectivity index (χ0) is 22.4. The molecule has 0 aliphatic carbocycles. The molecule has 0 atom stereocenters. The molecule has 2 aromatic carbocycles. The van der Waals surface area contributed by atoms with Crippen LogP contribution < -0.4 is 15.3 Å². The van der Waals surface area contributed by atoms with Gasteiger partial charge in [0.1, 0.15) is 18.1 Å². The maximum Gasteiger partial charge on any atom is 0.210 e. The first-order valence-corrected chi connectivity index (χ1v) is 11.0. The summed E-state index contributed by atoms with van der Waals surface area (Å²) >= 11 is 1.43. The van der Waals surface area contributed by atoms with E-state index in [1.165, 1.54) is 28.9 Å². The monoisotopic (exact) mass is 440 g/mol. The second kappa shape index (κ2) is 9.87. The molecule has 31 heavy (non-hydrogen) atoms. The highest BCUT2D eigenvalue weighted by Crippen LogP contribution is 2.25. The summed E-state index contributed by atoms with van der Waals surface area (Å²) in [5.74, 6) is 8.56. The van der Waals surface area contributed by atoms with Gasteiger partial charge in [0.05, 0.1) is 12.2 Å². The van der Waals surface area contributed by atoms with Crippen LogP contribution in [0.3, 0.4) is 0 Å². The molecule has 8 heteroatoms. The first-order valence-electron chi connectivity index (χ1n) is 10.0. The fraction of sp³-hybridized carbons (Fsp3) is 0.348. The molecule has 0 unspecified atom stereocenters. The Morgan fingerprint density at radius 1 is 1.06 bits per heavy atom. The number of hydrogen-bond acceptors (Lipinski definition) is 7. The maximum atomic E-state index is 11.7. The van der Waals surface area contributed by atoms with Crippen molar-refractivity contribution in [1.29, 1.82) is 0 Å². The van der Waals surface area contributed by atoms with Crippen molar-refractivity contribution in [2.24, 2.45) is 0 Å². The van der Waals surface area contributed by atoms with Crippen LogP contribution in [-0.2, 0) is 12.0 Å². The molecule has 0 bridgehead atoms. The van der Waals surface area contributed by atoms with Crippen LogP contribution in [0.15, 0.2) is 53.7 Å². The summed E-state index contributed by atoms with van der Waals surface area (Å²) in [5, 5.41) is 8.82. The SMILES string of the molecule is CC(=O)c1ccccc1OCCSc1nnc(COc2ccc(C(C)(C)C)cc2)n1N. The number of hydrogen-bond donors (Lipinski definition) is 1. The Labute approximate surface area is 186 Å². The van der Waals surface area contributed by atoms with Crippen LogP contribution in [0.25, 0.3) is 0 Å². The Morgan fingerprint density at radius 3 is 2.45 bits per heavy atom. The number of nitrogens with two attached hydrogens (primary N) is 1. The van der Waals surface area contributed by atoms with Gasteiger partial charge in [-0.15, -0.1) is 10.2 Å². The normalized spacial score (nSPS) is 11.4. The summed E-state index contributed by atoms with van der Waals surface area (Å²) in [4.78, 5) is 11.7. The molecule has 3 rings (SSSR count). The highest BCUT2D eigenvalue weighted by Gasteiger charge is 2.14. The number of carbonyl (C=O) groups is 1. The molecule has 0 amide bonds. The van der Waals surface area contributed by atoms with Crippen LogP contribution in [0.2, 0.25) is 0 Å². The van der Waals surface area contributed by atoms with E-state index in [2.05, 4.69) is 43.1 Å². The predicted octanol–water partition coefficient (Wildman–Crippen LogP) is 4.24. The van der Waals surface area contributed by atoms with Gasteiger partial charge in [0.25, 0.3) is 0 Å². The van der Waals surface area contributed by atoms with E-state index in [1.807, 2.05) is 24.3 Å². The number of thioether (sulfide) groups is 1. The van der Waals surface area contributed by atoms with Gasteiger partial charge in [0, 0.05) is 5.75 Å². The first kappa shape index (κ1) is 22.7. The molecule has 0 aliphatic heterocycles. The van der Waals surface area contributed by atoms with Crippen LogP contribution in [0.4, 0.5) is 0 Å². The number of carbonyl (C=O) groups excluding carboxylic acids is 1. The Balaban J connectivity index is 1.50. The van der Waals surface area contributed by atoms with Crippen LogP contribution in [0, 0.1) is 0 Å². The second-order valence-electron chi connectivity index (χ2n) is 8.08. The number of nitrogen functional groups attached to an aromatic ring is 1. The molecule has 1 heterocycles. The number of para-hydroxylation sites is 1. The van der Waals surface area contributed by atoms with E-state index in [9.17, 15) is 4.79 Å². The van der Waals surface area contributed by atoms with Crippen molar-refractivity contribution in [3.8, 4) is 11.5 Å². The molecule has 0 saturated carbocycles. The molecule has 164 valence electrons. The average molecular weight is 441 g/mol. The summed E-state index contributed by atoms with van der Waals surface area (Å²) in [6, 6.07) is 15.2. The zero-order valence-corrected chi connectivity index (χ0v) is 19.1. The molecule has 0 fully saturated rings. The molecule has 0 radical (unpaired) electrons. The van der Waals surface area contributed by atoms with E-state index in [0.717, 1.165) is 5.75 Å². The fourth-order valence-corrected chi connectivity index (χ4v) is 3.56. The summed E-state index contributed by atoms with van der Waals surface area (Å²) in [6.07, 6.45) is 0. The summed E-state index contributed by atoms with van der Waals surface area (Å²) in [7, 11) is 0. The van der Waals surface area contributed by atoms with Crippen molar-refractivity contribution >= 4 is 17.5 Å². The lowest BCUT2D eigenvalue weighted by atomic mass is 9.87. The quantitative estimate of drug-likeness (QED) is 0.230. The predicted molar refractivity (Wildman–Crippen MR) is 122 cm³/mol. The molecule has 3 aromatic rings. The molecule has 0 aliphatic rings. The van der Waals surface area contributed by atoms with Crippen LogP contribution >= 0.6 is 11.8 Å². The molecule has 0 spiro atoms. The highest BCUT2D eigenvalue weighted by molar-refractivity contribution is 7.99. The van der Waals surface area contributed by atoms with Gasteiger partial charge in [-0.2, -0.15) is 0 Å². The van der Waals surface area contributed by atoms with Gasteiger partial charge in [-0.1, -0.05) is 56.8 Å². The average Bonchev–Trinajstić information content (AvgIpc) is 3.09. The number of Topliss-reactive ketones (excluding diaryl/α,β-unsaturated/α-hetero) is 1. The number of ketones is 1. The zero-order valence-electron chi connectivity index (χ0n) is 18.3. The van der Waals surface area contributed by atoms with Crippen molar-refractivity contribution in [2.45, 2.75) is 44.9 Å². The van der Waals surface area contributed by atoms with E-state index in [-0.39, 0.29) is 17.8 Å². The van der Waals surface area contributed by atoms with Crippen LogP contribution in [0.5, 0.6) is 11.5 Å². The van der Waals surface area contributed by atoms with Gasteiger partial charge < -0.3 is 15.3 Å². The summed E-state index contributed by atoms with van der Waals surface area (Å²) in [6.45, 7) is 8.68. The largest absolute Gasteiger partial charge is 0.492 e. The van der Waals surface area contributed by atoms with Crippen molar-refractivity contribution in [3.05, 3.63) is 65.5 Å². The summed E-state index contributed by atoms with van der Waals surface area (Å²) < 4.78 is 13.0. The topological polar surface area (TPSA) is 92.3 Å². The van der Waals surface area contributed by atoms with E-state index in [4.69, 9.17) is 15.3 Å². The standard InChI is InChI=1S/C23H28N4O3S/c1-16(28)19-7-5-6-8-20(19)29-13-14-31-22-26-25-21(27(22)24)15-30-18-11-9-17(10-12-18)23(2,3)4/h5-12H,13-15,24H2,1-4H3. The van der Waals surface area contributed by atoms with Crippen molar-refractivity contribution in [1.82, 2.24) is 14.9 Å². The van der Waals surface area contributed by atoms with E-state index in [0.29, 0.717) is 34.7 Å². The van der Waals surface area contributed by atoms with Gasteiger partial charge in [-0.25, -0.2) is 4.68 Å². The molecule has 0 saturated heterocycles. The summed E-state index contributed by atoms with van der Waals surface area (Å²) in [5.41, 5.74) is 1.91. The third-order valence-corrected chi connectivity index (χ3v) is 5.57. The fourth-order valence-electron chi connectivity index (χ4n) is 2.87. The minimum absolute atomic E-state index is 0.0253. The lowest BCUT2D eigenvalue weighted by Gasteiger charge is -2.19. The minimum Gasteiger partial charge on any atom is -0.492 e. The van der Waals surface area contributed by atoms with Gasteiger partial charge in [0.2, 0.25) is 5.16 Å². The van der Waals surface area contributed by atoms with Crippen LogP contribution in [-0.4, -0.2) is 33.0 Å². The lowest BCUT2D eigenvalue weighted by molar-refractivity contribution is 0.101. The van der Waals surface area contributed by atoms with Gasteiger partial charge >= 0.3 is 0 Å². The Kier molecular flexibility index (Phi) is 7.22. The maximum absolute atomic E-state index is 11.7.